The Morgan fingerprint density at radius 2 is 1.87 bits per heavy atom. The zero-order valence-corrected chi connectivity index (χ0v) is 12.7. The molecule has 2 aromatic carbocycles. The molecule has 0 amide bonds. The molecule has 4 heteroatoms. The topological polar surface area (TPSA) is 60.2 Å². The Labute approximate surface area is 134 Å². The highest BCUT2D eigenvalue weighted by Gasteiger charge is 2.26. The molecule has 0 spiro atoms. The average Bonchev–Trinajstić information content (AvgIpc) is 2.57. The third-order valence-electron chi connectivity index (χ3n) is 4.37. The van der Waals surface area contributed by atoms with E-state index in [2.05, 4.69) is 6.58 Å². The number of allylic oxidation sites excluding steroid dienone is 1. The third kappa shape index (κ3) is 2.93. The minimum atomic E-state index is -0.408. The first-order chi connectivity index (χ1) is 11.1. The van der Waals surface area contributed by atoms with E-state index in [4.69, 9.17) is 0 Å². The number of hydrogen-bond acceptors (Lipinski definition) is 3. The van der Waals surface area contributed by atoms with Crippen LogP contribution in [-0.4, -0.2) is 10.7 Å². The maximum atomic E-state index is 12.5. The van der Waals surface area contributed by atoms with Gasteiger partial charge in [0.05, 0.1) is 4.92 Å². The predicted octanol–water partition coefficient (Wildman–Crippen LogP) is 4.58. The summed E-state index contributed by atoms with van der Waals surface area (Å²) in [7, 11) is 0. The number of ketones is 1. The van der Waals surface area contributed by atoms with Crippen molar-refractivity contribution in [3.8, 4) is 11.1 Å². The Morgan fingerprint density at radius 3 is 2.52 bits per heavy atom. The number of Topliss-reactive ketones (excluding diaryl/α,β-unsaturated/α-hetero) is 1. The number of non-ortho nitro benzene ring substituents is 1. The van der Waals surface area contributed by atoms with Crippen molar-refractivity contribution in [2.24, 2.45) is 5.92 Å². The standard InChI is InChI=1S/C19H17NO3/c1-2-3-14-4-5-16-12-15(8-11-18(16)19(14)21)13-6-9-17(10-7-13)20(22)23/h2,6-12,14H,1,3-5H2. The van der Waals surface area contributed by atoms with Gasteiger partial charge in [-0.15, -0.1) is 6.58 Å². The summed E-state index contributed by atoms with van der Waals surface area (Å²) < 4.78 is 0. The third-order valence-corrected chi connectivity index (χ3v) is 4.37. The monoisotopic (exact) mass is 307 g/mol. The molecule has 0 fully saturated rings. The van der Waals surface area contributed by atoms with Gasteiger partial charge in [-0.25, -0.2) is 0 Å². The second kappa shape index (κ2) is 6.16. The molecule has 1 aliphatic rings. The Balaban J connectivity index is 1.91. The molecule has 0 N–H and O–H groups in total. The van der Waals surface area contributed by atoms with Crippen LogP contribution in [0.5, 0.6) is 0 Å². The first kappa shape index (κ1) is 15.2. The highest BCUT2D eigenvalue weighted by Crippen LogP contribution is 2.31. The van der Waals surface area contributed by atoms with Crippen LogP contribution in [0.15, 0.2) is 55.1 Å². The molecule has 0 saturated carbocycles. The molecule has 1 aliphatic carbocycles. The summed E-state index contributed by atoms with van der Waals surface area (Å²) in [6.07, 6.45) is 4.25. The van der Waals surface area contributed by atoms with Crippen LogP contribution < -0.4 is 0 Å². The van der Waals surface area contributed by atoms with Gasteiger partial charge < -0.3 is 0 Å². The van der Waals surface area contributed by atoms with E-state index in [-0.39, 0.29) is 17.4 Å². The van der Waals surface area contributed by atoms with Gasteiger partial charge in [0, 0.05) is 23.6 Å². The number of hydrogen-bond donors (Lipinski definition) is 0. The van der Waals surface area contributed by atoms with Crippen LogP contribution in [0.1, 0.15) is 28.8 Å². The number of carbonyl (C=O) groups excluding carboxylic acids is 1. The number of carbonyl (C=O) groups is 1. The molecule has 2 aromatic rings. The molecule has 1 unspecified atom stereocenters. The number of nitro benzene ring substituents is 1. The van der Waals surface area contributed by atoms with Gasteiger partial charge in [0.25, 0.3) is 5.69 Å². The first-order valence-corrected chi connectivity index (χ1v) is 7.63. The van der Waals surface area contributed by atoms with Gasteiger partial charge in [-0.05, 0) is 48.1 Å². The van der Waals surface area contributed by atoms with Crippen molar-refractivity contribution in [1.29, 1.82) is 0 Å². The van der Waals surface area contributed by atoms with E-state index in [9.17, 15) is 14.9 Å². The van der Waals surface area contributed by atoms with Gasteiger partial charge in [-0.3, -0.25) is 14.9 Å². The van der Waals surface area contributed by atoms with Gasteiger partial charge in [0.2, 0.25) is 0 Å². The number of rotatable bonds is 4. The lowest BCUT2D eigenvalue weighted by Gasteiger charge is -2.23. The highest BCUT2D eigenvalue weighted by atomic mass is 16.6. The molecule has 0 bridgehead atoms. The van der Waals surface area contributed by atoms with Gasteiger partial charge in [-0.1, -0.05) is 24.3 Å². The summed E-state index contributed by atoms with van der Waals surface area (Å²) in [6.45, 7) is 3.72. The second-order valence-corrected chi connectivity index (χ2v) is 5.80. The zero-order chi connectivity index (χ0) is 16.4. The minimum absolute atomic E-state index is 0.0465. The molecule has 4 nitrogen and oxygen atoms in total. The van der Waals surface area contributed by atoms with Gasteiger partial charge in [-0.2, -0.15) is 0 Å². The molecule has 0 saturated heterocycles. The largest absolute Gasteiger partial charge is 0.294 e. The van der Waals surface area contributed by atoms with Gasteiger partial charge in [0.15, 0.2) is 5.78 Å². The fourth-order valence-electron chi connectivity index (χ4n) is 3.10. The van der Waals surface area contributed by atoms with Crippen molar-refractivity contribution in [3.05, 3.63) is 76.4 Å². The summed E-state index contributed by atoms with van der Waals surface area (Å²) in [4.78, 5) is 22.8. The number of benzene rings is 2. The second-order valence-electron chi connectivity index (χ2n) is 5.80. The van der Waals surface area contributed by atoms with Crippen LogP contribution >= 0.6 is 0 Å². The smallest absolute Gasteiger partial charge is 0.269 e. The maximum absolute atomic E-state index is 12.5. The molecule has 0 radical (unpaired) electrons. The minimum Gasteiger partial charge on any atom is -0.294 e. The Bertz CT molecular complexity index is 778. The van der Waals surface area contributed by atoms with Crippen LogP contribution in [0.25, 0.3) is 11.1 Å². The number of nitrogens with zero attached hydrogens (tertiary/aromatic N) is 1. The van der Waals surface area contributed by atoms with Gasteiger partial charge in [0.1, 0.15) is 0 Å². The summed E-state index contributed by atoms with van der Waals surface area (Å²) in [5, 5.41) is 10.7. The Morgan fingerprint density at radius 1 is 1.17 bits per heavy atom. The summed E-state index contributed by atoms with van der Waals surface area (Å²) >= 11 is 0. The van der Waals surface area contributed by atoms with Crippen LogP contribution in [0.3, 0.4) is 0 Å². The number of fused-ring (bicyclic) bond motifs is 1. The van der Waals surface area contributed by atoms with Crippen LogP contribution in [0.4, 0.5) is 5.69 Å². The molecular weight excluding hydrogens is 290 g/mol. The molecule has 116 valence electrons. The van der Waals surface area contributed by atoms with E-state index < -0.39 is 4.92 Å². The normalized spacial score (nSPS) is 16.7. The lowest BCUT2D eigenvalue weighted by atomic mass is 9.80. The number of nitro groups is 1. The summed E-state index contributed by atoms with van der Waals surface area (Å²) in [5.74, 6) is 0.242. The molecular formula is C19H17NO3. The van der Waals surface area contributed by atoms with Crippen molar-refractivity contribution in [1.82, 2.24) is 0 Å². The van der Waals surface area contributed by atoms with E-state index in [0.29, 0.717) is 0 Å². The fourth-order valence-corrected chi connectivity index (χ4v) is 3.10. The van der Waals surface area contributed by atoms with Crippen LogP contribution in [-0.2, 0) is 6.42 Å². The molecule has 0 aliphatic heterocycles. The van der Waals surface area contributed by atoms with Crippen molar-refractivity contribution in [2.75, 3.05) is 0 Å². The van der Waals surface area contributed by atoms with Crippen LogP contribution in [0, 0.1) is 16.0 Å². The van der Waals surface area contributed by atoms with Gasteiger partial charge >= 0.3 is 0 Å². The van der Waals surface area contributed by atoms with Crippen molar-refractivity contribution in [3.63, 3.8) is 0 Å². The Kier molecular flexibility index (Phi) is 4.06. The predicted molar refractivity (Wildman–Crippen MR) is 89.5 cm³/mol. The van der Waals surface area contributed by atoms with E-state index in [1.165, 1.54) is 12.1 Å². The zero-order valence-electron chi connectivity index (χ0n) is 12.7. The molecule has 0 heterocycles. The van der Waals surface area contributed by atoms with E-state index >= 15 is 0 Å². The first-order valence-electron chi connectivity index (χ1n) is 7.63. The molecule has 0 aromatic heterocycles. The maximum Gasteiger partial charge on any atom is 0.269 e. The molecule has 23 heavy (non-hydrogen) atoms. The van der Waals surface area contributed by atoms with Crippen molar-refractivity contribution in [2.45, 2.75) is 19.3 Å². The Hall–Kier alpha value is -2.75. The van der Waals surface area contributed by atoms with Crippen molar-refractivity contribution < 1.29 is 9.72 Å². The number of aryl methyl sites for hydroxylation is 1. The SMILES string of the molecule is C=CCC1CCc2cc(-c3ccc([N+](=O)[O-])cc3)ccc2C1=O. The lowest BCUT2D eigenvalue weighted by molar-refractivity contribution is -0.384. The lowest BCUT2D eigenvalue weighted by Crippen LogP contribution is -2.22. The summed E-state index contributed by atoms with van der Waals surface area (Å²) in [6, 6.07) is 12.3. The average molecular weight is 307 g/mol. The van der Waals surface area contributed by atoms with E-state index in [0.717, 1.165) is 41.5 Å². The molecule has 3 rings (SSSR count). The highest BCUT2D eigenvalue weighted by molar-refractivity contribution is 6.00. The van der Waals surface area contributed by atoms with Crippen molar-refractivity contribution >= 4 is 11.5 Å². The van der Waals surface area contributed by atoms with Crippen LogP contribution in [0.2, 0.25) is 0 Å². The van der Waals surface area contributed by atoms with E-state index in [1.807, 2.05) is 18.2 Å². The van der Waals surface area contributed by atoms with E-state index in [1.54, 1.807) is 18.2 Å². The summed E-state index contributed by atoms with van der Waals surface area (Å²) in [5.41, 5.74) is 3.83. The quantitative estimate of drug-likeness (QED) is 0.472. The molecule has 1 atom stereocenters. The fraction of sp³-hybridized carbons (Fsp3) is 0.211.